The van der Waals surface area contributed by atoms with E-state index in [9.17, 15) is 9.59 Å². The normalized spacial score (nSPS) is 13.2. The third-order valence-electron chi connectivity index (χ3n) is 4.89. The van der Waals surface area contributed by atoms with Crippen molar-refractivity contribution in [1.29, 1.82) is 0 Å². The van der Waals surface area contributed by atoms with Crippen molar-refractivity contribution in [3.05, 3.63) is 51.9 Å². The zero-order chi connectivity index (χ0) is 20.1. The van der Waals surface area contributed by atoms with E-state index >= 15 is 0 Å². The van der Waals surface area contributed by atoms with E-state index in [1.54, 1.807) is 14.2 Å². The smallest absolute Gasteiger partial charge is 0.274 e. The summed E-state index contributed by atoms with van der Waals surface area (Å²) in [6.45, 7) is 2.97. The molecule has 3 rings (SSSR count). The van der Waals surface area contributed by atoms with Crippen molar-refractivity contribution < 1.29 is 14.3 Å². The molecule has 0 spiro atoms. The molecule has 1 saturated carbocycles. The van der Waals surface area contributed by atoms with Crippen molar-refractivity contribution in [3.8, 4) is 11.5 Å². The van der Waals surface area contributed by atoms with Crippen molar-refractivity contribution in [2.24, 2.45) is 0 Å². The van der Waals surface area contributed by atoms with Gasteiger partial charge in [0, 0.05) is 24.2 Å². The van der Waals surface area contributed by atoms with Gasteiger partial charge in [-0.1, -0.05) is 13.3 Å². The Morgan fingerprint density at radius 3 is 2.64 bits per heavy atom. The minimum absolute atomic E-state index is 0.169. The third-order valence-corrected chi connectivity index (χ3v) is 4.89. The summed E-state index contributed by atoms with van der Waals surface area (Å²) in [5.41, 5.74) is 0.989. The zero-order valence-corrected chi connectivity index (χ0v) is 16.7. The summed E-state index contributed by atoms with van der Waals surface area (Å²) in [5.74, 6) is 1.25. The van der Waals surface area contributed by atoms with Gasteiger partial charge in [-0.2, -0.15) is 5.10 Å². The van der Waals surface area contributed by atoms with Crippen molar-refractivity contribution in [1.82, 2.24) is 14.7 Å². The Balaban J connectivity index is 1.87. The number of ether oxygens (including phenoxy) is 2. The molecule has 0 saturated heterocycles. The first-order chi connectivity index (χ1) is 13.6. The summed E-state index contributed by atoms with van der Waals surface area (Å²) in [6.07, 6.45) is 3.73. The highest BCUT2D eigenvalue weighted by Gasteiger charge is 2.34. The highest BCUT2D eigenvalue weighted by molar-refractivity contribution is 5.92. The van der Waals surface area contributed by atoms with Gasteiger partial charge >= 0.3 is 0 Å². The SMILES string of the molecule is CCCCn1nc(C(=O)N(Cc2cc(OC)ccc2OC)C2CC2)ccc1=O. The molecule has 0 radical (unpaired) electrons. The van der Waals surface area contributed by atoms with Crippen LogP contribution in [0.3, 0.4) is 0 Å². The van der Waals surface area contributed by atoms with Crippen LogP contribution < -0.4 is 15.0 Å². The van der Waals surface area contributed by atoms with E-state index in [-0.39, 0.29) is 17.5 Å². The predicted molar refractivity (Wildman–Crippen MR) is 106 cm³/mol. The van der Waals surface area contributed by atoms with E-state index in [2.05, 4.69) is 12.0 Å². The van der Waals surface area contributed by atoms with E-state index < -0.39 is 0 Å². The van der Waals surface area contributed by atoms with Crippen LogP contribution in [0.4, 0.5) is 0 Å². The Morgan fingerprint density at radius 2 is 2.00 bits per heavy atom. The summed E-state index contributed by atoms with van der Waals surface area (Å²) in [7, 11) is 3.22. The Labute approximate surface area is 164 Å². The van der Waals surface area contributed by atoms with Crippen LogP contribution in [0.1, 0.15) is 48.7 Å². The molecule has 150 valence electrons. The summed E-state index contributed by atoms with van der Waals surface area (Å²) < 4.78 is 12.2. The minimum Gasteiger partial charge on any atom is -0.497 e. The maximum atomic E-state index is 13.2. The third kappa shape index (κ3) is 4.52. The van der Waals surface area contributed by atoms with Crippen LogP contribution >= 0.6 is 0 Å². The maximum absolute atomic E-state index is 13.2. The number of nitrogens with zero attached hydrogens (tertiary/aromatic N) is 3. The van der Waals surface area contributed by atoms with Gasteiger partial charge < -0.3 is 14.4 Å². The summed E-state index contributed by atoms with van der Waals surface area (Å²) in [5, 5.41) is 4.32. The molecule has 1 amide bonds. The van der Waals surface area contributed by atoms with E-state index in [4.69, 9.17) is 9.47 Å². The number of amides is 1. The monoisotopic (exact) mass is 385 g/mol. The number of aromatic nitrogens is 2. The molecule has 0 bridgehead atoms. The van der Waals surface area contributed by atoms with Crippen LogP contribution in [0.25, 0.3) is 0 Å². The molecule has 0 unspecified atom stereocenters. The number of carbonyl (C=O) groups excluding carboxylic acids is 1. The highest BCUT2D eigenvalue weighted by Crippen LogP contribution is 2.32. The van der Waals surface area contributed by atoms with Gasteiger partial charge in [-0.15, -0.1) is 0 Å². The van der Waals surface area contributed by atoms with Gasteiger partial charge in [-0.25, -0.2) is 4.68 Å². The second kappa shape index (κ2) is 8.91. The van der Waals surface area contributed by atoms with Gasteiger partial charge in [-0.05, 0) is 43.5 Å². The quantitative estimate of drug-likeness (QED) is 0.664. The molecule has 0 aliphatic heterocycles. The lowest BCUT2D eigenvalue weighted by Gasteiger charge is -2.23. The molecule has 0 atom stereocenters. The van der Waals surface area contributed by atoms with Crippen LogP contribution in [0.15, 0.2) is 35.1 Å². The number of benzene rings is 1. The molecule has 1 aromatic carbocycles. The van der Waals surface area contributed by atoms with Gasteiger partial charge in [-0.3, -0.25) is 9.59 Å². The molecule has 1 fully saturated rings. The number of aryl methyl sites for hydroxylation is 1. The van der Waals surface area contributed by atoms with Crippen LogP contribution in [0.2, 0.25) is 0 Å². The number of unbranched alkanes of at least 4 members (excludes halogenated alkanes) is 1. The number of rotatable bonds is 9. The van der Waals surface area contributed by atoms with E-state index in [0.717, 1.165) is 31.2 Å². The van der Waals surface area contributed by atoms with E-state index in [0.29, 0.717) is 30.3 Å². The minimum atomic E-state index is -0.183. The molecule has 1 aliphatic rings. The van der Waals surface area contributed by atoms with Crippen LogP contribution in [0, 0.1) is 0 Å². The molecule has 1 aliphatic carbocycles. The number of methoxy groups -OCH3 is 2. The van der Waals surface area contributed by atoms with Crippen molar-refractivity contribution >= 4 is 5.91 Å². The first kappa shape index (κ1) is 19.9. The lowest BCUT2D eigenvalue weighted by atomic mass is 10.1. The van der Waals surface area contributed by atoms with Crippen LogP contribution in [-0.2, 0) is 13.1 Å². The van der Waals surface area contributed by atoms with Crippen LogP contribution in [0.5, 0.6) is 11.5 Å². The molecule has 1 heterocycles. The van der Waals surface area contributed by atoms with Gasteiger partial charge in [0.1, 0.15) is 17.2 Å². The van der Waals surface area contributed by atoms with Gasteiger partial charge in [0.05, 0.1) is 20.8 Å². The fraction of sp³-hybridized carbons (Fsp3) is 0.476. The second-order valence-corrected chi connectivity index (χ2v) is 6.98. The number of hydrogen-bond acceptors (Lipinski definition) is 5. The van der Waals surface area contributed by atoms with Crippen molar-refractivity contribution in [3.63, 3.8) is 0 Å². The summed E-state index contributed by atoms with van der Waals surface area (Å²) >= 11 is 0. The summed E-state index contributed by atoms with van der Waals surface area (Å²) in [4.78, 5) is 27.0. The van der Waals surface area contributed by atoms with Crippen molar-refractivity contribution in [2.45, 2.75) is 51.7 Å². The fourth-order valence-electron chi connectivity index (χ4n) is 3.12. The number of hydrogen-bond donors (Lipinski definition) is 0. The molecular weight excluding hydrogens is 358 g/mol. The topological polar surface area (TPSA) is 73.7 Å². The first-order valence-electron chi connectivity index (χ1n) is 9.67. The molecule has 0 N–H and O–H groups in total. The second-order valence-electron chi connectivity index (χ2n) is 6.98. The molecular formula is C21H27N3O4. The van der Waals surface area contributed by atoms with Gasteiger partial charge in [0.25, 0.3) is 11.5 Å². The maximum Gasteiger partial charge on any atom is 0.274 e. The molecule has 1 aromatic heterocycles. The highest BCUT2D eigenvalue weighted by atomic mass is 16.5. The average molecular weight is 385 g/mol. The van der Waals surface area contributed by atoms with Gasteiger partial charge in [0.2, 0.25) is 0 Å². The lowest BCUT2D eigenvalue weighted by Crippen LogP contribution is -2.35. The lowest BCUT2D eigenvalue weighted by molar-refractivity contribution is 0.0719. The number of carbonyl (C=O) groups is 1. The molecule has 2 aromatic rings. The molecule has 28 heavy (non-hydrogen) atoms. The average Bonchev–Trinajstić information content (AvgIpc) is 3.55. The predicted octanol–water partition coefficient (Wildman–Crippen LogP) is 2.87. The Bertz CT molecular complexity index is 889. The standard InChI is InChI=1S/C21H27N3O4/c1-4-5-12-24-20(25)11-9-18(22-24)21(26)23(16-6-7-16)14-15-13-17(27-2)8-10-19(15)28-3/h8-11,13,16H,4-7,12,14H2,1-3H3. The largest absolute Gasteiger partial charge is 0.497 e. The Kier molecular flexibility index (Phi) is 6.34. The molecule has 7 heteroatoms. The van der Waals surface area contributed by atoms with Gasteiger partial charge in [0.15, 0.2) is 0 Å². The summed E-state index contributed by atoms with van der Waals surface area (Å²) in [6, 6.07) is 8.68. The Hall–Kier alpha value is -2.83. The molecule has 7 nitrogen and oxygen atoms in total. The van der Waals surface area contributed by atoms with E-state index in [1.807, 2.05) is 23.1 Å². The zero-order valence-electron chi connectivity index (χ0n) is 16.7. The first-order valence-corrected chi connectivity index (χ1v) is 9.67. The van der Waals surface area contributed by atoms with Crippen LogP contribution in [-0.4, -0.2) is 40.8 Å². The van der Waals surface area contributed by atoms with Crippen molar-refractivity contribution in [2.75, 3.05) is 14.2 Å². The Morgan fingerprint density at radius 1 is 1.21 bits per heavy atom. The van der Waals surface area contributed by atoms with E-state index in [1.165, 1.54) is 16.8 Å². The fourth-order valence-corrected chi connectivity index (χ4v) is 3.12.